The van der Waals surface area contributed by atoms with Crippen LogP contribution < -0.4 is 4.74 Å². The Kier molecular flexibility index (Phi) is 5.63. The summed E-state index contributed by atoms with van der Waals surface area (Å²) in [6, 6.07) is 14.1. The van der Waals surface area contributed by atoms with Crippen LogP contribution in [0.1, 0.15) is 30.1 Å². The van der Waals surface area contributed by atoms with Crippen molar-refractivity contribution < 1.29 is 17.9 Å². The summed E-state index contributed by atoms with van der Waals surface area (Å²) in [5, 5.41) is 8.29. The Morgan fingerprint density at radius 2 is 1.88 bits per heavy atom. The van der Waals surface area contributed by atoms with Crippen molar-refractivity contribution in [2.75, 3.05) is 19.6 Å². The predicted molar refractivity (Wildman–Crippen MR) is 120 cm³/mol. The van der Waals surface area contributed by atoms with Gasteiger partial charge in [0.05, 0.1) is 23.7 Å². The number of ether oxygens (including phenoxy) is 1. The highest BCUT2D eigenvalue weighted by atomic mass is 32.2. The molecule has 9 nitrogen and oxygen atoms in total. The molecule has 2 aliphatic rings. The number of likely N-dealkylation sites (tertiary alicyclic amines) is 1. The quantitative estimate of drug-likeness (QED) is 0.530. The zero-order valence-electron chi connectivity index (χ0n) is 18.3. The fourth-order valence-corrected chi connectivity index (χ4v) is 5.57. The number of nitrogens with zero attached hydrogens (tertiary/aromatic N) is 5. The van der Waals surface area contributed by atoms with Gasteiger partial charge in [-0.25, -0.2) is 13.1 Å². The van der Waals surface area contributed by atoms with Crippen molar-refractivity contribution >= 4 is 15.9 Å². The Balaban J connectivity index is 1.19. The number of benzene rings is 2. The van der Waals surface area contributed by atoms with Gasteiger partial charge in [0.25, 0.3) is 0 Å². The Hall–Kier alpha value is -3.24. The van der Waals surface area contributed by atoms with Gasteiger partial charge in [0.2, 0.25) is 15.9 Å². The van der Waals surface area contributed by atoms with Crippen molar-refractivity contribution in [3.63, 3.8) is 0 Å². The normalized spacial score (nSPS) is 17.4. The largest absolute Gasteiger partial charge is 0.457 e. The number of amides is 1. The van der Waals surface area contributed by atoms with Crippen molar-refractivity contribution in [2.45, 2.75) is 37.2 Å². The van der Waals surface area contributed by atoms with E-state index >= 15 is 0 Å². The molecule has 2 aromatic carbocycles. The molecule has 33 heavy (non-hydrogen) atoms. The van der Waals surface area contributed by atoms with Gasteiger partial charge in [0.15, 0.2) is 0 Å². The zero-order chi connectivity index (χ0) is 23.0. The van der Waals surface area contributed by atoms with Crippen molar-refractivity contribution in [2.24, 2.45) is 0 Å². The highest BCUT2D eigenvalue weighted by Gasteiger charge is 2.38. The topological polar surface area (TPSA) is 97.6 Å². The molecule has 0 atom stereocenters. The van der Waals surface area contributed by atoms with Gasteiger partial charge < -0.3 is 9.64 Å². The Labute approximate surface area is 192 Å². The molecule has 0 unspecified atom stereocenters. The van der Waals surface area contributed by atoms with Crippen LogP contribution in [0, 0.1) is 6.92 Å². The highest BCUT2D eigenvalue weighted by Crippen LogP contribution is 2.30. The lowest BCUT2D eigenvalue weighted by Gasteiger charge is -2.37. The summed E-state index contributed by atoms with van der Waals surface area (Å²) in [5.74, 6) is 1.42. The van der Waals surface area contributed by atoms with Gasteiger partial charge in [0.1, 0.15) is 17.2 Å². The number of aromatic nitrogens is 3. The number of carbonyl (C=O) groups is 1. The van der Waals surface area contributed by atoms with E-state index in [0.717, 1.165) is 24.2 Å². The van der Waals surface area contributed by atoms with Gasteiger partial charge in [-0.05, 0) is 55.3 Å². The maximum absolute atomic E-state index is 13.0. The Bertz CT molecular complexity index is 1270. The average Bonchev–Trinajstić information content (AvgIpc) is 3.37. The third-order valence-corrected chi connectivity index (χ3v) is 7.82. The summed E-state index contributed by atoms with van der Waals surface area (Å²) < 4.78 is 34.9. The number of sulfonamides is 1. The van der Waals surface area contributed by atoms with E-state index in [-0.39, 0.29) is 16.8 Å². The summed E-state index contributed by atoms with van der Waals surface area (Å²) in [7, 11) is -3.60. The first kappa shape index (κ1) is 21.6. The molecule has 3 aromatic rings. The molecule has 2 saturated heterocycles. The summed E-state index contributed by atoms with van der Waals surface area (Å²) in [5.41, 5.74) is 1.80. The summed E-state index contributed by atoms with van der Waals surface area (Å²) >= 11 is 0. The van der Waals surface area contributed by atoms with E-state index in [4.69, 9.17) is 4.74 Å². The second-order valence-electron chi connectivity index (χ2n) is 8.47. The minimum absolute atomic E-state index is 0.0702. The summed E-state index contributed by atoms with van der Waals surface area (Å²) in [6.45, 7) is 3.84. The van der Waals surface area contributed by atoms with Crippen LogP contribution in [0.3, 0.4) is 0 Å². The molecule has 0 bridgehead atoms. The molecule has 1 amide bonds. The van der Waals surface area contributed by atoms with Gasteiger partial charge >= 0.3 is 0 Å². The highest BCUT2D eigenvalue weighted by molar-refractivity contribution is 7.89. The molecule has 0 radical (unpaired) electrons. The minimum atomic E-state index is -3.60. The fraction of sp³-hybridized carbons (Fsp3) is 0.348. The second kappa shape index (κ2) is 8.60. The molecule has 0 aliphatic carbocycles. The maximum atomic E-state index is 13.0. The lowest BCUT2D eigenvalue weighted by molar-refractivity contribution is -0.128. The number of aryl methyl sites for hydroxylation is 1. The lowest BCUT2D eigenvalue weighted by Crippen LogP contribution is -2.50. The molecule has 0 N–H and O–H groups in total. The molecule has 1 aromatic heterocycles. The van der Waals surface area contributed by atoms with E-state index in [1.807, 2.05) is 31.2 Å². The van der Waals surface area contributed by atoms with Gasteiger partial charge in [-0.15, -0.1) is 5.10 Å². The third kappa shape index (κ3) is 4.49. The average molecular weight is 468 g/mol. The maximum Gasteiger partial charge on any atom is 0.243 e. The summed E-state index contributed by atoms with van der Waals surface area (Å²) in [4.78, 5) is 13.8. The third-order valence-electron chi connectivity index (χ3n) is 5.97. The van der Waals surface area contributed by atoms with Crippen molar-refractivity contribution in [1.82, 2.24) is 24.2 Å². The number of hydrogen-bond acceptors (Lipinski definition) is 6. The van der Waals surface area contributed by atoms with Crippen LogP contribution in [0.2, 0.25) is 0 Å². The van der Waals surface area contributed by atoms with Gasteiger partial charge in [-0.3, -0.25) is 4.79 Å². The van der Waals surface area contributed by atoms with Crippen LogP contribution in [0.5, 0.6) is 11.5 Å². The fourth-order valence-electron chi connectivity index (χ4n) is 4.05. The SMILES string of the molecule is Cc1cccc(Oc2ccc(S(=O)(=O)N3CC(n4cc(CN5CCCC5=O)nn4)C3)cc2)c1. The molecular weight excluding hydrogens is 442 g/mol. The molecular formula is C23H25N5O4S. The van der Waals surface area contributed by atoms with E-state index in [9.17, 15) is 13.2 Å². The van der Waals surface area contributed by atoms with Crippen LogP contribution in [0.4, 0.5) is 0 Å². The minimum Gasteiger partial charge on any atom is -0.457 e. The van der Waals surface area contributed by atoms with E-state index in [1.165, 1.54) is 4.31 Å². The van der Waals surface area contributed by atoms with Crippen LogP contribution in [0.25, 0.3) is 0 Å². The van der Waals surface area contributed by atoms with Crippen LogP contribution >= 0.6 is 0 Å². The smallest absolute Gasteiger partial charge is 0.243 e. The van der Waals surface area contributed by atoms with Crippen LogP contribution in [-0.4, -0.2) is 58.2 Å². The summed E-state index contributed by atoms with van der Waals surface area (Å²) in [6.07, 6.45) is 3.27. The monoisotopic (exact) mass is 467 g/mol. The van der Waals surface area contributed by atoms with Crippen molar-refractivity contribution in [3.05, 3.63) is 66.0 Å². The predicted octanol–water partition coefficient (Wildman–Crippen LogP) is 2.75. The van der Waals surface area contributed by atoms with E-state index in [2.05, 4.69) is 10.3 Å². The first-order valence-corrected chi connectivity index (χ1v) is 12.4. The van der Waals surface area contributed by atoms with Crippen LogP contribution in [0.15, 0.2) is 59.6 Å². The van der Waals surface area contributed by atoms with E-state index in [1.54, 1.807) is 40.0 Å². The number of rotatable bonds is 7. The molecule has 2 aliphatic heterocycles. The van der Waals surface area contributed by atoms with Crippen LogP contribution in [-0.2, 0) is 21.4 Å². The van der Waals surface area contributed by atoms with Gasteiger partial charge in [-0.1, -0.05) is 17.3 Å². The number of carbonyl (C=O) groups excluding carboxylic acids is 1. The van der Waals surface area contributed by atoms with Crippen molar-refractivity contribution in [3.8, 4) is 11.5 Å². The molecule has 0 spiro atoms. The zero-order valence-corrected chi connectivity index (χ0v) is 19.1. The standard InChI is InChI=1S/C23H25N5O4S/c1-17-4-2-5-21(12-17)32-20-7-9-22(10-8-20)33(30,31)27-15-19(16-27)28-14-18(24-25-28)13-26-11-3-6-23(26)29/h2,4-5,7-10,12,14,19H,3,6,11,13,15-16H2,1H3. The first-order chi connectivity index (χ1) is 15.9. The molecule has 3 heterocycles. The second-order valence-corrected chi connectivity index (χ2v) is 10.4. The Morgan fingerprint density at radius 1 is 1.09 bits per heavy atom. The van der Waals surface area contributed by atoms with E-state index in [0.29, 0.717) is 37.6 Å². The van der Waals surface area contributed by atoms with E-state index < -0.39 is 10.0 Å². The molecule has 5 rings (SSSR count). The molecule has 2 fully saturated rings. The lowest BCUT2D eigenvalue weighted by atomic mass is 10.2. The van der Waals surface area contributed by atoms with Gasteiger partial charge in [0, 0.05) is 26.1 Å². The molecule has 0 saturated carbocycles. The van der Waals surface area contributed by atoms with Crippen molar-refractivity contribution in [1.29, 1.82) is 0 Å². The number of hydrogen-bond donors (Lipinski definition) is 0. The molecule has 10 heteroatoms. The Morgan fingerprint density at radius 3 is 2.58 bits per heavy atom. The molecule has 172 valence electrons. The first-order valence-electron chi connectivity index (χ1n) is 10.9. The van der Waals surface area contributed by atoms with Gasteiger partial charge in [-0.2, -0.15) is 4.31 Å².